The van der Waals surface area contributed by atoms with Gasteiger partial charge in [0.05, 0.1) is 6.42 Å². The van der Waals surface area contributed by atoms with E-state index in [4.69, 9.17) is 10.5 Å². The summed E-state index contributed by atoms with van der Waals surface area (Å²) in [6, 6.07) is -0.711. The lowest BCUT2D eigenvalue weighted by Gasteiger charge is -2.20. The van der Waals surface area contributed by atoms with Gasteiger partial charge in [-0.3, -0.25) is 4.79 Å². The lowest BCUT2D eigenvalue weighted by Crippen LogP contribution is -2.66. The van der Waals surface area contributed by atoms with Crippen molar-refractivity contribution in [2.75, 3.05) is 0 Å². The van der Waals surface area contributed by atoms with Crippen LogP contribution in [-0.4, -0.2) is 23.5 Å². The second kappa shape index (κ2) is 4.23. The maximum absolute atomic E-state index is 11.2. The van der Waals surface area contributed by atoms with Crippen LogP contribution in [0.3, 0.4) is 0 Å². The molecule has 1 amide bonds. The number of carbonyl (C=O) groups excluding carboxylic acids is 2. The Morgan fingerprint density at radius 2 is 1.92 bits per heavy atom. The predicted molar refractivity (Wildman–Crippen MR) is 46.3 cm³/mol. The van der Waals surface area contributed by atoms with Gasteiger partial charge in [0.2, 0.25) is 5.91 Å². The Labute approximate surface area is 77.4 Å². The molecule has 0 aromatic rings. The van der Waals surface area contributed by atoms with Gasteiger partial charge in [0.15, 0.2) is 6.04 Å². The van der Waals surface area contributed by atoms with Gasteiger partial charge >= 0.3 is 5.97 Å². The Morgan fingerprint density at radius 3 is 2.23 bits per heavy atom. The van der Waals surface area contributed by atoms with E-state index in [2.05, 4.69) is 5.73 Å². The number of quaternary nitrogens is 1. The fraction of sp³-hybridized carbons (Fsp3) is 0.750. The van der Waals surface area contributed by atoms with Crippen molar-refractivity contribution in [2.24, 2.45) is 5.73 Å². The fourth-order valence-corrected chi connectivity index (χ4v) is 0.711. The van der Waals surface area contributed by atoms with Crippen molar-refractivity contribution in [3.05, 3.63) is 0 Å². The molecular weight excluding hydrogens is 172 g/mol. The molecule has 0 bridgehead atoms. The Morgan fingerprint density at radius 1 is 1.46 bits per heavy atom. The van der Waals surface area contributed by atoms with Crippen molar-refractivity contribution in [2.45, 2.75) is 38.8 Å². The van der Waals surface area contributed by atoms with Crippen molar-refractivity contribution in [3.8, 4) is 0 Å². The summed E-state index contributed by atoms with van der Waals surface area (Å²) in [6.07, 6.45) is -0.0745. The summed E-state index contributed by atoms with van der Waals surface area (Å²) < 4.78 is 4.99. The molecule has 0 radical (unpaired) electrons. The molecule has 0 saturated carbocycles. The van der Waals surface area contributed by atoms with Gasteiger partial charge in [0.1, 0.15) is 5.60 Å². The number of rotatable bonds is 3. The minimum absolute atomic E-state index is 0.0745. The molecule has 13 heavy (non-hydrogen) atoms. The summed E-state index contributed by atoms with van der Waals surface area (Å²) in [4.78, 5) is 21.7. The molecule has 0 aliphatic rings. The zero-order valence-electron chi connectivity index (χ0n) is 8.29. The van der Waals surface area contributed by atoms with E-state index in [0.717, 1.165) is 0 Å². The van der Waals surface area contributed by atoms with E-state index in [0.29, 0.717) is 0 Å². The molecule has 1 atom stereocenters. The quantitative estimate of drug-likeness (QED) is 0.546. The van der Waals surface area contributed by atoms with Crippen LogP contribution >= 0.6 is 0 Å². The van der Waals surface area contributed by atoms with Crippen LogP contribution < -0.4 is 11.5 Å². The number of carbonyl (C=O) groups is 2. The largest absolute Gasteiger partial charge is 0.456 e. The van der Waals surface area contributed by atoms with Gasteiger partial charge in [-0.05, 0) is 20.8 Å². The van der Waals surface area contributed by atoms with Crippen LogP contribution in [0, 0.1) is 0 Å². The normalized spacial score (nSPS) is 13.5. The number of primary amides is 1. The number of nitrogens with two attached hydrogens (primary N) is 1. The first-order chi connectivity index (χ1) is 5.72. The second-order valence-corrected chi connectivity index (χ2v) is 3.90. The maximum Gasteiger partial charge on any atom is 0.365 e. The minimum atomic E-state index is -0.711. The highest BCUT2D eigenvalue weighted by molar-refractivity contribution is 5.83. The van der Waals surface area contributed by atoms with Crippen LogP contribution in [0.25, 0.3) is 0 Å². The molecule has 0 saturated heterocycles. The maximum atomic E-state index is 11.2. The fourth-order valence-electron chi connectivity index (χ4n) is 0.711. The number of esters is 1. The third kappa shape index (κ3) is 6.10. The summed E-state index contributed by atoms with van der Waals surface area (Å²) in [7, 11) is 0. The van der Waals surface area contributed by atoms with Crippen molar-refractivity contribution in [3.63, 3.8) is 0 Å². The number of amides is 1. The molecule has 0 unspecified atom stereocenters. The average Bonchev–Trinajstić information content (AvgIpc) is 1.81. The summed E-state index contributed by atoms with van der Waals surface area (Å²) in [5.41, 5.74) is 7.84. The van der Waals surface area contributed by atoms with Crippen LogP contribution in [0.4, 0.5) is 0 Å². The monoisotopic (exact) mass is 189 g/mol. The number of hydrogen-bond donors (Lipinski definition) is 2. The summed E-state index contributed by atoms with van der Waals surface area (Å²) >= 11 is 0. The zero-order valence-corrected chi connectivity index (χ0v) is 8.29. The third-order valence-corrected chi connectivity index (χ3v) is 1.19. The van der Waals surface area contributed by atoms with Gasteiger partial charge in [-0.2, -0.15) is 0 Å². The first-order valence-corrected chi connectivity index (χ1v) is 4.06. The molecule has 5 heteroatoms. The topological polar surface area (TPSA) is 97.0 Å². The van der Waals surface area contributed by atoms with E-state index >= 15 is 0 Å². The van der Waals surface area contributed by atoms with Crippen LogP contribution in [0.1, 0.15) is 27.2 Å². The van der Waals surface area contributed by atoms with E-state index in [1.54, 1.807) is 20.8 Å². The van der Waals surface area contributed by atoms with E-state index in [1.807, 2.05) is 0 Å². The minimum Gasteiger partial charge on any atom is -0.456 e. The second-order valence-electron chi connectivity index (χ2n) is 3.90. The smallest absolute Gasteiger partial charge is 0.365 e. The van der Waals surface area contributed by atoms with E-state index in [9.17, 15) is 9.59 Å². The number of hydrogen-bond acceptors (Lipinski definition) is 3. The van der Waals surface area contributed by atoms with Gasteiger partial charge in [0, 0.05) is 0 Å². The van der Waals surface area contributed by atoms with Crippen molar-refractivity contribution in [1.82, 2.24) is 0 Å². The predicted octanol–water partition coefficient (Wildman–Crippen LogP) is -1.19. The Bertz CT molecular complexity index is 208. The lowest BCUT2D eigenvalue weighted by atomic mass is 10.1. The zero-order chi connectivity index (χ0) is 10.6. The van der Waals surface area contributed by atoms with Crippen LogP contribution in [-0.2, 0) is 14.3 Å². The van der Waals surface area contributed by atoms with Crippen LogP contribution in [0.5, 0.6) is 0 Å². The summed E-state index contributed by atoms with van der Waals surface area (Å²) in [5.74, 6) is -1.04. The van der Waals surface area contributed by atoms with E-state index in [-0.39, 0.29) is 6.42 Å². The van der Waals surface area contributed by atoms with Gasteiger partial charge in [-0.25, -0.2) is 4.79 Å². The molecule has 76 valence electrons. The van der Waals surface area contributed by atoms with Crippen molar-refractivity contribution in [1.29, 1.82) is 0 Å². The summed E-state index contributed by atoms with van der Waals surface area (Å²) in [6.45, 7) is 5.26. The van der Waals surface area contributed by atoms with Gasteiger partial charge < -0.3 is 16.2 Å². The molecule has 0 aromatic heterocycles. The van der Waals surface area contributed by atoms with Crippen molar-refractivity contribution < 1.29 is 20.1 Å². The van der Waals surface area contributed by atoms with Crippen molar-refractivity contribution >= 4 is 11.9 Å². The SMILES string of the molecule is CC(C)(C)OC(=O)[C@@H]([NH3+])CC(N)=O. The molecule has 5 nitrogen and oxygen atoms in total. The van der Waals surface area contributed by atoms with Gasteiger partial charge in [-0.15, -0.1) is 0 Å². The molecule has 0 aliphatic carbocycles. The first kappa shape index (κ1) is 11.9. The standard InChI is InChI=1S/C8H16N2O3/c1-8(2,3)13-7(12)5(9)4-6(10)11/h5H,4,9H2,1-3H3,(H2,10,11)/p+1/t5-/m0/s1. The highest BCUT2D eigenvalue weighted by atomic mass is 16.6. The summed E-state index contributed by atoms with van der Waals surface area (Å²) in [5, 5.41) is 0. The third-order valence-electron chi connectivity index (χ3n) is 1.19. The Kier molecular flexibility index (Phi) is 3.87. The van der Waals surface area contributed by atoms with Gasteiger partial charge in [-0.1, -0.05) is 0 Å². The van der Waals surface area contributed by atoms with E-state index in [1.165, 1.54) is 0 Å². The molecule has 5 N–H and O–H groups in total. The molecule has 0 heterocycles. The highest BCUT2D eigenvalue weighted by Gasteiger charge is 2.25. The Hall–Kier alpha value is -1.10. The first-order valence-electron chi connectivity index (χ1n) is 4.06. The number of ether oxygens (including phenoxy) is 1. The van der Waals surface area contributed by atoms with E-state index < -0.39 is 23.5 Å². The molecule has 0 rings (SSSR count). The van der Waals surface area contributed by atoms with Gasteiger partial charge in [0.25, 0.3) is 0 Å². The molecular formula is C8H17N2O3+. The van der Waals surface area contributed by atoms with Crippen LogP contribution in [0.15, 0.2) is 0 Å². The average molecular weight is 189 g/mol. The highest BCUT2D eigenvalue weighted by Crippen LogP contribution is 2.07. The molecule has 0 aliphatic heterocycles. The molecule has 0 fully saturated rings. The van der Waals surface area contributed by atoms with Crippen LogP contribution in [0.2, 0.25) is 0 Å². The molecule has 0 spiro atoms. The molecule has 0 aromatic carbocycles. The lowest BCUT2D eigenvalue weighted by molar-refractivity contribution is -0.408. The Balaban J connectivity index is 4.05.